The average Bonchev–Trinajstić information content (AvgIpc) is 2.74. The standard InChI is InChI=1S/C24H30N2O3/c1-18(27)19-10-8-13-22(15-19)29-17-24(28)25-23-14-7-6-9-20(23)16-26(2)21-11-4-3-5-12-21/h6-10,13-15,21H,3-5,11-12,16-17H2,1-2H3,(H,25,28). The number of ketones is 1. The Kier molecular flexibility index (Phi) is 7.42. The van der Waals surface area contributed by atoms with Crippen molar-refractivity contribution in [2.45, 2.75) is 51.6 Å². The fourth-order valence-corrected chi connectivity index (χ4v) is 3.84. The molecule has 1 N–H and O–H groups in total. The van der Waals surface area contributed by atoms with Crippen LogP contribution in [0.15, 0.2) is 48.5 Å². The summed E-state index contributed by atoms with van der Waals surface area (Å²) in [5, 5.41) is 2.97. The lowest BCUT2D eigenvalue weighted by atomic mass is 9.94. The van der Waals surface area contributed by atoms with Gasteiger partial charge in [0.1, 0.15) is 5.75 Å². The summed E-state index contributed by atoms with van der Waals surface area (Å²) < 4.78 is 5.57. The molecule has 5 heteroatoms. The zero-order valence-electron chi connectivity index (χ0n) is 17.3. The molecule has 0 saturated heterocycles. The number of hydrogen-bond acceptors (Lipinski definition) is 4. The third kappa shape index (κ3) is 6.16. The summed E-state index contributed by atoms with van der Waals surface area (Å²) in [6, 6.07) is 15.4. The lowest BCUT2D eigenvalue weighted by molar-refractivity contribution is -0.118. The van der Waals surface area contributed by atoms with Gasteiger partial charge < -0.3 is 10.1 Å². The third-order valence-electron chi connectivity index (χ3n) is 5.52. The number of nitrogens with one attached hydrogen (secondary N) is 1. The number of benzene rings is 2. The van der Waals surface area contributed by atoms with Crippen molar-refractivity contribution < 1.29 is 14.3 Å². The van der Waals surface area contributed by atoms with E-state index < -0.39 is 0 Å². The Labute approximate surface area is 173 Å². The van der Waals surface area contributed by atoms with Crippen molar-refractivity contribution in [2.24, 2.45) is 0 Å². The molecule has 1 amide bonds. The van der Waals surface area contributed by atoms with E-state index in [2.05, 4.69) is 23.3 Å². The van der Waals surface area contributed by atoms with Crippen molar-refractivity contribution in [2.75, 3.05) is 19.0 Å². The summed E-state index contributed by atoms with van der Waals surface area (Å²) in [5.41, 5.74) is 2.49. The molecule has 2 aromatic rings. The predicted molar refractivity (Wildman–Crippen MR) is 115 cm³/mol. The molecule has 0 heterocycles. The molecule has 29 heavy (non-hydrogen) atoms. The number of para-hydroxylation sites is 1. The van der Waals surface area contributed by atoms with Gasteiger partial charge in [0.25, 0.3) is 5.91 Å². The largest absolute Gasteiger partial charge is 0.484 e. The maximum atomic E-state index is 12.4. The molecule has 0 radical (unpaired) electrons. The van der Waals surface area contributed by atoms with Gasteiger partial charge >= 0.3 is 0 Å². The molecule has 1 fully saturated rings. The highest BCUT2D eigenvalue weighted by atomic mass is 16.5. The molecule has 5 nitrogen and oxygen atoms in total. The van der Waals surface area contributed by atoms with Crippen molar-refractivity contribution in [1.29, 1.82) is 0 Å². The molecule has 1 aliphatic rings. The summed E-state index contributed by atoms with van der Waals surface area (Å²) >= 11 is 0. The Hall–Kier alpha value is -2.66. The van der Waals surface area contributed by atoms with Gasteiger partial charge in [0, 0.05) is 23.8 Å². The maximum Gasteiger partial charge on any atom is 0.262 e. The molecule has 0 aliphatic heterocycles. The Morgan fingerprint density at radius 3 is 2.59 bits per heavy atom. The number of rotatable bonds is 8. The number of carbonyl (C=O) groups excluding carboxylic acids is 2. The van der Waals surface area contributed by atoms with Crippen molar-refractivity contribution in [3.63, 3.8) is 0 Å². The molecule has 0 unspecified atom stereocenters. The molecular weight excluding hydrogens is 364 g/mol. The number of nitrogens with zero attached hydrogens (tertiary/aromatic N) is 1. The van der Waals surface area contributed by atoms with Crippen LogP contribution in [0.5, 0.6) is 5.75 Å². The number of anilines is 1. The van der Waals surface area contributed by atoms with Gasteiger partial charge in [-0.3, -0.25) is 14.5 Å². The van der Waals surface area contributed by atoms with Crippen molar-refractivity contribution in [3.05, 3.63) is 59.7 Å². The topological polar surface area (TPSA) is 58.6 Å². The first kappa shape index (κ1) is 21.1. The second kappa shape index (κ2) is 10.2. The zero-order chi connectivity index (χ0) is 20.6. The Balaban J connectivity index is 1.57. The molecule has 1 aliphatic carbocycles. The Morgan fingerprint density at radius 1 is 1.07 bits per heavy atom. The summed E-state index contributed by atoms with van der Waals surface area (Å²) in [7, 11) is 2.17. The van der Waals surface area contributed by atoms with Crippen LogP contribution in [-0.2, 0) is 11.3 Å². The molecule has 1 saturated carbocycles. The lowest BCUT2D eigenvalue weighted by Gasteiger charge is -2.31. The third-order valence-corrected chi connectivity index (χ3v) is 5.52. The fourth-order valence-electron chi connectivity index (χ4n) is 3.84. The van der Waals surface area contributed by atoms with E-state index in [0.717, 1.165) is 17.8 Å². The van der Waals surface area contributed by atoms with E-state index in [4.69, 9.17) is 4.74 Å². The van der Waals surface area contributed by atoms with Crippen LogP contribution in [0.4, 0.5) is 5.69 Å². The van der Waals surface area contributed by atoms with E-state index in [1.54, 1.807) is 24.3 Å². The van der Waals surface area contributed by atoms with E-state index in [1.165, 1.54) is 39.0 Å². The first-order valence-corrected chi connectivity index (χ1v) is 10.3. The molecule has 154 valence electrons. The Bertz CT molecular complexity index is 844. The van der Waals surface area contributed by atoms with E-state index >= 15 is 0 Å². The molecule has 2 aromatic carbocycles. The number of amides is 1. The second-order valence-electron chi connectivity index (χ2n) is 7.78. The van der Waals surface area contributed by atoms with Crippen molar-refractivity contribution in [3.8, 4) is 5.75 Å². The van der Waals surface area contributed by atoms with E-state index in [-0.39, 0.29) is 18.3 Å². The number of Topliss-reactive ketones (excluding diaryl/α,β-unsaturated/α-hetero) is 1. The highest BCUT2D eigenvalue weighted by molar-refractivity contribution is 5.94. The van der Waals surface area contributed by atoms with Crippen LogP contribution in [0, 0.1) is 0 Å². The maximum absolute atomic E-state index is 12.4. The van der Waals surface area contributed by atoms with Gasteiger partial charge in [-0.15, -0.1) is 0 Å². The highest BCUT2D eigenvalue weighted by Crippen LogP contribution is 2.25. The molecule has 0 bridgehead atoms. The van der Waals surface area contributed by atoms with Crippen molar-refractivity contribution >= 4 is 17.4 Å². The van der Waals surface area contributed by atoms with Crippen LogP contribution in [0.25, 0.3) is 0 Å². The quantitative estimate of drug-likeness (QED) is 0.661. The van der Waals surface area contributed by atoms with E-state index in [9.17, 15) is 9.59 Å². The normalized spacial score (nSPS) is 14.6. The highest BCUT2D eigenvalue weighted by Gasteiger charge is 2.19. The van der Waals surface area contributed by atoms with Crippen LogP contribution < -0.4 is 10.1 Å². The number of carbonyl (C=O) groups is 2. The molecule has 0 atom stereocenters. The fraction of sp³-hybridized carbons (Fsp3) is 0.417. The van der Waals surface area contributed by atoms with E-state index in [1.807, 2.05) is 18.2 Å². The van der Waals surface area contributed by atoms with Gasteiger partial charge in [-0.2, -0.15) is 0 Å². The minimum atomic E-state index is -0.217. The number of ether oxygens (including phenoxy) is 1. The zero-order valence-corrected chi connectivity index (χ0v) is 17.3. The van der Waals surface area contributed by atoms with Crippen LogP contribution in [-0.4, -0.2) is 36.3 Å². The summed E-state index contributed by atoms with van der Waals surface area (Å²) in [6.45, 7) is 2.21. The first-order chi connectivity index (χ1) is 14.0. The van der Waals surface area contributed by atoms with Crippen LogP contribution in [0.3, 0.4) is 0 Å². The summed E-state index contributed by atoms with van der Waals surface area (Å²) in [4.78, 5) is 26.3. The smallest absolute Gasteiger partial charge is 0.262 e. The first-order valence-electron chi connectivity index (χ1n) is 10.3. The van der Waals surface area contributed by atoms with Gasteiger partial charge in [0.2, 0.25) is 0 Å². The van der Waals surface area contributed by atoms with Crippen LogP contribution >= 0.6 is 0 Å². The predicted octanol–water partition coefficient (Wildman–Crippen LogP) is 4.67. The van der Waals surface area contributed by atoms with Gasteiger partial charge in [-0.1, -0.05) is 49.6 Å². The molecular formula is C24H30N2O3. The van der Waals surface area contributed by atoms with Gasteiger partial charge in [-0.25, -0.2) is 0 Å². The Morgan fingerprint density at radius 2 is 1.83 bits per heavy atom. The lowest BCUT2D eigenvalue weighted by Crippen LogP contribution is -2.33. The molecule has 3 rings (SSSR count). The average molecular weight is 395 g/mol. The molecule has 0 spiro atoms. The minimum absolute atomic E-state index is 0.0316. The minimum Gasteiger partial charge on any atom is -0.484 e. The van der Waals surface area contributed by atoms with Gasteiger partial charge in [0.05, 0.1) is 0 Å². The van der Waals surface area contributed by atoms with E-state index in [0.29, 0.717) is 17.4 Å². The van der Waals surface area contributed by atoms with Crippen LogP contribution in [0.1, 0.15) is 54.9 Å². The second-order valence-corrected chi connectivity index (χ2v) is 7.78. The van der Waals surface area contributed by atoms with Gasteiger partial charge in [0.15, 0.2) is 12.4 Å². The summed E-state index contributed by atoms with van der Waals surface area (Å²) in [6.07, 6.45) is 6.44. The SMILES string of the molecule is CC(=O)c1cccc(OCC(=O)Nc2ccccc2CN(C)C2CCCCC2)c1. The monoisotopic (exact) mass is 394 g/mol. The van der Waals surface area contributed by atoms with Gasteiger partial charge in [-0.05, 0) is 50.6 Å². The van der Waals surface area contributed by atoms with Crippen molar-refractivity contribution in [1.82, 2.24) is 4.90 Å². The molecule has 0 aromatic heterocycles. The number of hydrogen-bond donors (Lipinski definition) is 1. The van der Waals surface area contributed by atoms with Crippen LogP contribution in [0.2, 0.25) is 0 Å². The summed E-state index contributed by atoms with van der Waals surface area (Å²) in [5.74, 6) is 0.264.